The zero-order valence-electron chi connectivity index (χ0n) is 14.2. The smallest absolute Gasteiger partial charge is 0.413 e. The van der Waals surface area contributed by atoms with Crippen LogP contribution in [0.3, 0.4) is 0 Å². The predicted octanol–water partition coefficient (Wildman–Crippen LogP) is 4.08. The summed E-state index contributed by atoms with van der Waals surface area (Å²) in [6.45, 7) is 2.91. The fraction of sp³-hybridized carbons (Fsp3) is 0.286. The van der Waals surface area contributed by atoms with Gasteiger partial charge in [0.15, 0.2) is 6.10 Å². The van der Waals surface area contributed by atoms with Gasteiger partial charge in [-0.1, -0.05) is 60.4 Å². The lowest BCUT2D eigenvalue weighted by Crippen LogP contribution is -2.20. The van der Waals surface area contributed by atoms with Crippen molar-refractivity contribution < 1.29 is 9.53 Å². The minimum atomic E-state index is -0.576. The van der Waals surface area contributed by atoms with E-state index in [1.165, 1.54) is 12.8 Å². The number of carbonyl (C=O) groups is 1. The Hall–Kier alpha value is -2.77. The van der Waals surface area contributed by atoms with Gasteiger partial charge in [0.25, 0.3) is 0 Å². The Morgan fingerprint density at radius 1 is 1.04 bits per heavy atom. The van der Waals surface area contributed by atoms with Crippen LogP contribution in [0.1, 0.15) is 24.5 Å². The number of benzene rings is 2. The Kier molecular flexibility index (Phi) is 6.08. The molecule has 1 aliphatic heterocycles. The molecule has 1 fully saturated rings. The molecule has 0 aromatic heterocycles. The molecule has 4 nitrogen and oxygen atoms in total. The van der Waals surface area contributed by atoms with Crippen molar-refractivity contribution in [3.05, 3.63) is 66.2 Å². The maximum absolute atomic E-state index is 12.2. The molecule has 2 aromatic carbocycles. The summed E-state index contributed by atoms with van der Waals surface area (Å²) in [7, 11) is 0. The average molecular weight is 334 g/mol. The Morgan fingerprint density at radius 2 is 1.68 bits per heavy atom. The minimum Gasteiger partial charge on any atom is -0.428 e. The summed E-state index contributed by atoms with van der Waals surface area (Å²) >= 11 is 0. The molecule has 1 aliphatic rings. The molecule has 0 spiro atoms. The maximum atomic E-state index is 12.2. The van der Waals surface area contributed by atoms with E-state index in [0.29, 0.717) is 12.2 Å². The minimum absolute atomic E-state index is 0.504. The third-order valence-corrected chi connectivity index (χ3v) is 4.08. The van der Waals surface area contributed by atoms with Crippen molar-refractivity contribution in [1.82, 2.24) is 4.90 Å². The molecule has 1 atom stereocenters. The number of anilines is 1. The van der Waals surface area contributed by atoms with Gasteiger partial charge in [-0.05, 0) is 38.1 Å². The van der Waals surface area contributed by atoms with Gasteiger partial charge in [0, 0.05) is 11.3 Å². The Labute approximate surface area is 148 Å². The Balaban J connectivity index is 1.66. The van der Waals surface area contributed by atoms with Crippen LogP contribution in [0, 0.1) is 11.8 Å². The van der Waals surface area contributed by atoms with Crippen LogP contribution in [0.4, 0.5) is 10.5 Å². The van der Waals surface area contributed by atoms with E-state index in [2.05, 4.69) is 22.1 Å². The highest BCUT2D eigenvalue weighted by molar-refractivity contribution is 5.84. The molecular weight excluding hydrogens is 312 g/mol. The van der Waals surface area contributed by atoms with Crippen LogP contribution in [0.2, 0.25) is 0 Å². The van der Waals surface area contributed by atoms with E-state index in [1.807, 2.05) is 60.7 Å². The first-order valence-corrected chi connectivity index (χ1v) is 8.59. The van der Waals surface area contributed by atoms with Crippen molar-refractivity contribution in [2.45, 2.75) is 18.9 Å². The van der Waals surface area contributed by atoms with Gasteiger partial charge in [0.1, 0.15) is 0 Å². The van der Waals surface area contributed by atoms with Gasteiger partial charge in [0.05, 0.1) is 6.54 Å². The number of nitrogens with zero attached hydrogens (tertiary/aromatic N) is 1. The lowest BCUT2D eigenvalue weighted by molar-refractivity contribution is 0.138. The summed E-state index contributed by atoms with van der Waals surface area (Å²) in [6, 6.07) is 18.9. The van der Waals surface area contributed by atoms with Gasteiger partial charge in [0.2, 0.25) is 0 Å². The second kappa shape index (κ2) is 8.91. The monoisotopic (exact) mass is 334 g/mol. The van der Waals surface area contributed by atoms with Gasteiger partial charge in [-0.25, -0.2) is 4.79 Å². The highest BCUT2D eigenvalue weighted by Gasteiger charge is 2.15. The number of amides is 1. The first-order chi connectivity index (χ1) is 12.3. The first kappa shape index (κ1) is 17.1. The van der Waals surface area contributed by atoms with Crippen molar-refractivity contribution >= 4 is 11.8 Å². The number of hydrogen-bond acceptors (Lipinski definition) is 3. The Bertz CT molecular complexity index is 729. The van der Waals surface area contributed by atoms with Crippen molar-refractivity contribution in [2.24, 2.45) is 0 Å². The summed E-state index contributed by atoms with van der Waals surface area (Å²) in [4.78, 5) is 14.5. The first-order valence-electron chi connectivity index (χ1n) is 8.59. The van der Waals surface area contributed by atoms with E-state index < -0.39 is 12.2 Å². The normalized spacial score (nSPS) is 15.0. The molecule has 1 amide bonds. The van der Waals surface area contributed by atoms with Gasteiger partial charge >= 0.3 is 6.09 Å². The van der Waals surface area contributed by atoms with Crippen LogP contribution in [0.15, 0.2) is 60.7 Å². The van der Waals surface area contributed by atoms with Crippen LogP contribution in [-0.4, -0.2) is 30.6 Å². The molecule has 4 heteroatoms. The van der Waals surface area contributed by atoms with Gasteiger partial charge in [-0.15, -0.1) is 0 Å². The summed E-state index contributed by atoms with van der Waals surface area (Å²) in [5, 5.41) is 2.73. The van der Waals surface area contributed by atoms with Crippen molar-refractivity contribution in [2.75, 3.05) is 25.0 Å². The van der Waals surface area contributed by atoms with Crippen LogP contribution >= 0.6 is 0 Å². The standard InChI is InChI=1S/C21H22N2O2/c24-21(22-19-12-5-2-6-13-19)25-20(18-10-3-1-4-11-18)14-9-17-23-15-7-8-16-23/h1-6,10-13,20H,7-8,15-17H2,(H,22,24)/t20-/m1/s1. The zero-order chi connectivity index (χ0) is 17.3. The molecule has 0 unspecified atom stereocenters. The highest BCUT2D eigenvalue weighted by atomic mass is 16.6. The molecule has 0 radical (unpaired) electrons. The second-order valence-electron chi connectivity index (χ2n) is 5.99. The lowest BCUT2D eigenvalue weighted by Gasteiger charge is -2.14. The van der Waals surface area contributed by atoms with E-state index in [9.17, 15) is 4.79 Å². The van der Waals surface area contributed by atoms with Gasteiger partial charge in [-0.3, -0.25) is 10.2 Å². The van der Waals surface area contributed by atoms with Crippen molar-refractivity contribution in [3.63, 3.8) is 0 Å². The summed E-state index contributed by atoms with van der Waals surface area (Å²) in [5.74, 6) is 6.27. The third-order valence-electron chi connectivity index (χ3n) is 4.08. The molecule has 3 rings (SSSR count). The third kappa shape index (κ3) is 5.37. The number of rotatable bonds is 4. The predicted molar refractivity (Wildman–Crippen MR) is 99.2 cm³/mol. The average Bonchev–Trinajstić information content (AvgIpc) is 3.16. The molecule has 2 aromatic rings. The molecule has 0 bridgehead atoms. The second-order valence-corrected chi connectivity index (χ2v) is 5.99. The highest BCUT2D eigenvalue weighted by Crippen LogP contribution is 2.18. The largest absolute Gasteiger partial charge is 0.428 e. The van der Waals surface area contributed by atoms with Crippen molar-refractivity contribution in [1.29, 1.82) is 0 Å². The molecule has 0 saturated carbocycles. The molecule has 1 saturated heterocycles. The van der Waals surface area contributed by atoms with E-state index in [1.54, 1.807) is 0 Å². The van der Waals surface area contributed by atoms with E-state index in [-0.39, 0.29) is 0 Å². The van der Waals surface area contributed by atoms with E-state index in [4.69, 9.17) is 4.74 Å². The van der Waals surface area contributed by atoms with Gasteiger partial charge < -0.3 is 4.74 Å². The molecule has 1 N–H and O–H groups in total. The fourth-order valence-corrected chi connectivity index (χ4v) is 2.78. The lowest BCUT2D eigenvalue weighted by atomic mass is 10.1. The number of ether oxygens (including phenoxy) is 1. The quantitative estimate of drug-likeness (QED) is 0.857. The number of nitrogens with one attached hydrogen (secondary N) is 1. The Morgan fingerprint density at radius 3 is 2.36 bits per heavy atom. The number of para-hydroxylation sites is 1. The molecule has 0 aliphatic carbocycles. The van der Waals surface area contributed by atoms with Gasteiger partial charge in [-0.2, -0.15) is 0 Å². The van der Waals surface area contributed by atoms with Crippen LogP contribution in [0.5, 0.6) is 0 Å². The van der Waals surface area contributed by atoms with Crippen LogP contribution in [-0.2, 0) is 4.74 Å². The van der Waals surface area contributed by atoms with E-state index in [0.717, 1.165) is 18.7 Å². The van der Waals surface area contributed by atoms with E-state index >= 15 is 0 Å². The molecule has 1 heterocycles. The number of likely N-dealkylation sites (tertiary alicyclic amines) is 1. The zero-order valence-corrected chi connectivity index (χ0v) is 14.2. The van der Waals surface area contributed by atoms with Crippen LogP contribution < -0.4 is 5.32 Å². The molecule has 128 valence electrons. The summed E-state index contributed by atoms with van der Waals surface area (Å²) in [6.07, 6.45) is 1.39. The van der Waals surface area contributed by atoms with Crippen molar-refractivity contribution in [3.8, 4) is 11.8 Å². The maximum Gasteiger partial charge on any atom is 0.413 e. The summed E-state index contributed by atoms with van der Waals surface area (Å²) < 4.78 is 5.56. The molecule has 25 heavy (non-hydrogen) atoms. The fourth-order valence-electron chi connectivity index (χ4n) is 2.78. The number of hydrogen-bond donors (Lipinski definition) is 1. The van der Waals surface area contributed by atoms with Crippen LogP contribution in [0.25, 0.3) is 0 Å². The molecular formula is C21H22N2O2. The summed E-state index contributed by atoms with van der Waals surface area (Å²) in [5.41, 5.74) is 1.57. The SMILES string of the molecule is O=C(Nc1ccccc1)O[C@H](C#CCN1CCCC1)c1ccccc1. The number of carbonyl (C=O) groups excluding carboxylic acids is 1. The topological polar surface area (TPSA) is 41.6 Å².